The molecular formula is C25H28F4N6O3S. The summed E-state index contributed by atoms with van der Waals surface area (Å²) < 4.78 is 57.9. The Morgan fingerprint density at radius 3 is 2.54 bits per heavy atom. The van der Waals surface area contributed by atoms with Crippen molar-refractivity contribution >= 4 is 35.0 Å². The van der Waals surface area contributed by atoms with Gasteiger partial charge in [0.25, 0.3) is 5.91 Å². The molecule has 0 bridgehead atoms. The fourth-order valence-corrected chi connectivity index (χ4v) is 4.33. The number of rotatable bonds is 11. The normalized spacial score (nSPS) is 11.5. The van der Waals surface area contributed by atoms with Gasteiger partial charge in [0, 0.05) is 55.5 Å². The molecule has 0 saturated carbocycles. The Hall–Kier alpha value is -3.62. The van der Waals surface area contributed by atoms with E-state index in [-0.39, 0.29) is 30.1 Å². The number of pyridine rings is 2. The van der Waals surface area contributed by atoms with Crippen molar-refractivity contribution in [3.8, 4) is 11.1 Å². The Morgan fingerprint density at radius 1 is 1.18 bits per heavy atom. The number of aliphatic hydroxyl groups excluding tert-OH is 1. The molecule has 0 unspecified atom stereocenters. The van der Waals surface area contributed by atoms with Gasteiger partial charge in [0.1, 0.15) is 11.6 Å². The largest absolute Gasteiger partial charge is 0.417 e. The maximum atomic E-state index is 15.3. The second-order valence-electron chi connectivity index (χ2n) is 8.58. The summed E-state index contributed by atoms with van der Waals surface area (Å²) >= 11 is 1.51. The molecule has 4 N–H and O–H groups in total. The summed E-state index contributed by atoms with van der Waals surface area (Å²) in [5.41, 5.74) is -2.46. The third-order valence-electron chi connectivity index (χ3n) is 5.49. The average molecular weight is 569 g/mol. The molecule has 3 rings (SSSR count). The highest BCUT2D eigenvalue weighted by atomic mass is 32.2. The summed E-state index contributed by atoms with van der Waals surface area (Å²) in [5.74, 6) is -0.692. The second kappa shape index (κ2) is 13.0. The first-order chi connectivity index (χ1) is 18.4. The molecular weight excluding hydrogens is 540 g/mol. The molecule has 0 atom stereocenters. The number of carbonyl (C=O) groups is 1. The number of aliphatic hydroxyl groups is 1. The third-order valence-corrected chi connectivity index (χ3v) is 6.37. The van der Waals surface area contributed by atoms with Gasteiger partial charge < -0.3 is 25.6 Å². The molecule has 0 aliphatic rings. The van der Waals surface area contributed by atoms with E-state index in [1.807, 2.05) is 18.4 Å². The first-order valence-corrected chi connectivity index (χ1v) is 12.6. The number of aromatic amines is 1. The van der Waals surface area contributed by atoms with Gasteiger partial charge in [-0.25, -0.2) is 9.37 Å². The smallest absolute Gasteiger partial charge is 0.395 e. The zero-order valence-electron chi connectivity index (χ0n) is 21.4. The zero-order valence-corrected chi connectivity index (χ0v) is 22.2. The van der Waals surface area contributed by atoms with Gasteiger partial charge in [-0.1, -0.05) is 11.9 Å². The Balaban J connectivity index is 2.03. The van der Waals surface area contributed by atoms with Crippen LogP contribution in [0.15, 0.2) is 47.5 Å². The van der Waals surface area contributed by atoms with Crippen molar-refractivity contribution in [2.75, 3.05) is 62.1 Å². The number of aromatic nitrogens is 2. The van der Waals surface area contributed by atoms with Crippen molar-refractivity contribution in [2.45, 2.75) is 6.18 Å². The quantitative estimate of drug-likeness (QED) is 0.204. The van der Waals surface area contributed by atoms with E-state index in [1.54, 1.807) is 24.1 Å². The number of alkyl halides is 3. The van der Waals surface area contributed by atoms with Crippen LogP contribution in [0.2, 0.25) is 0 Å². The van der Waals surface area contributed by atoms with Gasteiger partial charge in [-0.2, -0.15) is 13.2 Å². The van der Waals surface area contributed by atoms with E-state index in [9.17, 15) is 22.8 Å². The highest BCUT2D eigenvalue weighted by Gasteiger charge is 2.36. The standard InChI is InChI=1S/C25H28F4N6O3S/c1-34(2)39-9-7-35(3)21-12-19(26)16(15-4-5-22(31-13-15)30-6-8-36)10-20(21)33-24(38)17-14-32-23(37)11-18(17)25(27,28)29/h4-5,10-14,36H,6-9H2,1-3H3,(H,30,31)(H,32,37)(H,33,38). The number of anilines is 3. The predicted molar refractivity (Wildman–Crippen MR) is 145 cm³/mol. The zero-order chi connectivity index (χ0) is 28.7. The number of halogens is 4. The van der Waals surface area contributed by atoms with E-state index in [0.717, 1.165) is 0 Å². The third kappa shape index (κ3) is 7.94. The van der Waals surface area contributed by atoms with Gasteiger partial charge in [0.2, 0.25) is 5.56 Å². The van der Waals surface area contributed by atoms with Crippen LogP contribution in [0, 0.1) is 5.82 Å². The molecule has 14 heteroatoms. The summed E-state index contributed by atoms with van der Waals surface area (Å²) in [5, 5.41) is 14.3. The molecule has 0 spiro atoms. The van der Waals surface area contributed by atoms with Gasteiger partial charge in [-0.3, -0.25) is 13.9 Å². The summed E-state index contributed by atoms with van der Waals surface area (Å²) in [4.78, 5) is 32.5. The first kappa shape index (κ1) is 29.9. The van der Waals surface area contributed by atoms with Crippen molar-refractivity contribution < 1.29 is 27.5 Å². The molecule has 2 aromatic heterocycles. The highest BCUT2D eigenvalue weighted by molar-refractivity contribution is 7.97. The lowest BCUT2D eigenvalue weighted by molar-refractivity contribution is -0.138. The maximum Gasteiger partial charge on any atom is 0.417 e. The molecule has 2 heterocycles. The minimum absolute atomic E-state index is 0.0591. The molecule has 210 valence electrons. The number of nitrogens with one attached hydrogen (secondary N) is 3. The number of benzene rings is 1. The van der Waals surface area contributed by atoms with Crippen molar-refractivity contribution in [3.63, 3.8) is 0 Å². The van der Waals surface area contributed by atoms with Crippen molar-refractivity contribution in [1.29, 1.82) is 0 Å². The predicted octanol–water partition coefficient (Wildman–Crippen LogP) is 3.90. The Kier molecular flexibility index (Phi) is 9.94. The van der Waals surface area contributed by atoms with Crippen molar-refractivity contribution in [1.82, 2.24) is 14.3 Å². The summed E-state index contributed by atoms with van der Waals surface area (Å²) in [6.07, 6.45) is -2.86. The molecule has 1 aromatic carbocycles. The van der Waals surface area contributed by atoms with Crippen molar-refractivity contribution in [2.24, 2.45) is 0 Å². The van der Waals surface area contributed by atoms with Gasteiger partial charge in [-0.05, 0) is 38.4 Å². The van der Waals surface area contributed by atoms with Crippen LogP contribution in [0.1, 0.15) is 15.9 Å². The number of nitrogens with zero attached hydrogens (tertiary/aromatic N) is 3. The van der Waals surface area contributed by atoms with E-state index in [0.29, 0.717) is 35.9 Å². The summed E-state index contributed by atoms with van der Waals surface area (Å²) in [6, 6.07) is 6.00. The van der Waals surface area contributed by atoms with E-state index < -0.39 is 34.6 Å². The lowest BCUT2D eigenvalue weighted by Gasteiger charge is -2.24. The molecule has 0 aliphatic carbocycles. The number of amides is 1. The van der Waals surface area contributed by atoms with Gasteiger partial charge in [0.05, 0.1) is 29.1 Å². The monoisotopic (exact) mass is 568 g/mol. The molecule has 0 radical (unpaired) electrons. The number of hydrogen-bond acceptors (Lipinski definition) is 8. The van der Waals surface area contributed by atoms with Crippen LogP contribution in [0.5, 0.6) is 0 Å². The minimum atomic E-state index is -4.95. The van der Waals surface area contributed by atoms with Crippen LogP contribution in [0.3, 0.4) is 0 Å². The lowest BCUT2D eigenvalue weighted by atomic mass is 10.0. The van der Waals surface area contributed by atoms with Crippen LogP contribution in [-0.2, 0) is 6.18 Å². The van der Waals surface area contributed by atoms with Crippen LogP contribution in [-0.4, -0.2) is 71.9 Å². The Labute approximate surface area is 226 Å². The fourth-order valence-electron chi connectivity index (χ4n) is 3.61. The topological polar surface area (TPSA) is 114 Å². The summed E-state index contributed by atoms with van der Waals surface area (Å²) in [7, 11) is 5.41. The number of H-pyrrole nitrogens is 1. The average Bonchev–Trinajstić information content (AvgIpc) is 2.87. The molecule has 3 aromatic rings. The molecule has 39 heavy (non-hydrogen) atoms. The number of carbonyl (C=O) groups excluding carboxylic acids is 1. The molecule has 0 aliphatic heterocycles. The Morgan fingerprint density at radius 2 is 1.92 bits per heavy atom. The number of hydrogen-bond donors (Lipinski definition) is 4. The van der Waals surface area contributed by atoms with E-state index in [4.69, 9.17) is 5.11 Å². The fraction of sp³-hybridized carbons (Fsp3) is 0.320. The van der Waals surface area contributed by atoms with Crippen LogP contribution >= 0.6 is 11.9 Å². The van der Waals surface area contributed by atoms with E-state index in [2.05, 4.69) is 20.6 Å². The maximum absolute atomic E-state index is 15.3. The first-order valence-electron chi connectivity index (χ1n) is 11.7. The molecule has 9 nitrogen and oxygen atoms in total. The SMILES string of the molecule is CN(C)SCCN(C)c1cc(F)c(-c2ccc(NCCO)nc2)cc1NC(=O)c1c[nH]c(=O)cc1C(F)(F)F. The lowest BCUT2D eigenvalue weighted by Crippen LogP contribution is -2.26. The van der Waals surface area contributed by atoms with E-state index >= 15 is 4.39 Å². The van der Waals surface area contributed by atoms with E-state index in [1.165, 1.54) is 30.3 Å². The molecule has 0 fully saturated rings. The van der Waals surface area contributed by atoms with Crippen LogP contribution < -0.4 is 21.1 Å². The van der Waals surface area contributed by atoms with Crippen molar-refractivity contribution in [3.05, 3.63) is 70.0 Å². The molecule has 0 saturated heterocycles. The highest BCUT2D eigenvalue weighted by Crippen LogP contribution is 2.36. The van der Waals surface area contributed by atoms with Crippen LogP contribution in [0.4, 0.5) is 34.8 Å². The van der Waals surface area contributed by atoms with Gasteiger partial charge >= 0.3 is 6.18 Å². The minimum Gasteiger partial charge on any atom is -0.395 e. The second-order valence-corrected chi connectivity index (χ2v) is 9.97. The van der Waals surface area contributed by atoms with Crippen LogP contribution in [0.25, 0.3) is 11.1 Å². The Bertz CT molecular complexity index is 1350. The molecule has 1 amide bonds. The van der Waals surface area contributed by atoms with Gasteiger partial charge in [0.15, 0.2) is 0 Å². The van der Waals surface area contributed by atoms with Gasteiger partial charge in [-0.15, -0.1) is 0 Å². The summed E-state index contributed by atoms with van der Waals surface area (Å²) in [6.45, 7) is 0.604.